The average molecular weight is 382 g/mol. The first-order valence-corrected chi connectivity index (χ1v) is 9.43. The fourth-order valence-corrected chi connectivity index (χ4v) is 2.97. The fourth-order valence-electron chi connectivity index (χ4n) is 2.97. The van der Waals surface area contributed by atoms with E-state index in [0.29, 0.717) is 12.5 Å². The summed E-state index contributed by atoms with van der Waals surface area (Å²) in [6.45, 7) is 0.685. The number of ether oxygens (including phenoxy) is 1. The number of nitrogens with zero attached hydrogens (tertiary/aromatic N) is 2. The first-order chi connectivity index (χ1) is 14.3. The van der Waals surface area contributed by atoms with Crippen LogP contribution in [0, 0.1) is 0 Å². The van der Waals surface area contributed by atoms with Crippen molar-refractivity contribution >= 4 is 17.5 Å². The Labute approximate surface area is 170 Å². The van der Waals surface area contributed by atoms with Crippen LogP contribution in [-0.2, 0) is 6.54 Å². The van der Waals surface area contributed by atoms with Gasteiger partial charge in [-0.2, -0.15) is 4.98 Å². The number of anilines is 3. The van der Waals surface area contributed by atoms with Crippen LogP contribution in [-0.4, -0.2) is 17.1 Å². The molecule has 0 saturated heterocycles. The van der Waals surface area contributed by atoms with Gasteiger partial charge in [0, 0.05) is 29.9 Å². The topological polar surface area (TPSA) is 59.1 Å². The molecule has 0 amide bonds. The van der Waals surface area contributed by atoms with Gasteiger partial charge in [-0.3, -0.25) is 0 Å². The van der Waals surface area contributed by atoms with E-state index in [9.17, 15) is 0 Å². The number of nitrogens with one attached hydrogen (secondary N) is 2. The summed E-state index contributed by atoms with van der Waals surface area (Å²) in [5, 5.41) is 6.69. The standard InChI is InChI=1S/C24H22N4O/c1-29-21-14-8-13-20(15-21)26-24-27-22(19-11-6-3-7-12-19)16-23(28-24)25-17-18-9-4-2-5-10-18/h2-16H,17H2,1H3,(H2,25,26,27,28). The molecule has 0 bridgehead atoms. The number of aromatic nitrogens is 2. The largest absolute Gasteiger partial charge is 0.497 e. The smallest absolute Gasteiger partial charge is 0.229 e. The van der Waals surface area contributed by atoms with E-state index < -0.39 is 0 Å². The van der Waals surface area contributed by atoms with Crippen LogP contribution >= 0.6 is 0 Å². The lowest BCUT2D eigenvalue weighted by atomic mass is 10.1. The third-order valence-electron chi connectivity index (χ3n) is 4.44. The summed E-state index contributed by atoms with van der Waals surface area (Å²) >= 11 is 0. The third-order valence-corrected chi connectivity index (χ3v) is 4.44. The number of hydrogen-bond donors (Lipinski definition) is 2. The Bertz CT molecular complexity index is 1070. The van der Waals surface area contributed by atoms with Crippen molar-refractivity contribution in [2.45, 2.75) is 6.54 Å². The van der Waals surface area contributed by atoms with Gasteiger partial charge in [0.05, 0.1) is 12.8 Å². The number of hydrogen-bond acceptors (Lipinski definition) is 5. The Hall–Kier alpha value is -3.86. The lowest BCUT2D eigenvalue weighted by molar-refractivity contribution is 0.415. The van der Waals surface area contributed by atoms with Crippen molar-refractivity contribution in [3.8, 4) is 17.0 Å². The highest BCUT2D eigenvalue weighted by molar-refractivity contribution is 5.66. The second-order valence-electron chi connectivity index (χ2n) is 6.52. The number of rotatable bonds is 7. The number of methoxy groups -OCH3 is 1. The Kier molecular flexibility index (Phi) is 5.67. The molecule has 4 aromatic rings. The van der Waals surface area contributed by atoms with Crippen molar-refractivity contribution in [2.24, 2.45) is 0 Å². The fraction of sp³-hybridized carbons (Fsp3) is 0.0833. The second-order valence-corrected chi connectivity index (χ2v) is 6.52. The predicted octanol–water partition coefficient (Wildman–Crippen LogP) is 5.51. The molecule has 2 N–H and O–H groups in total. The van der Waals surface area contributed by atoms with Gasteiger partial charge in [-0.15, -0.1) is 0 Å². The molecule has 0 aliphatic heterocycles. The Morgan fingerprint density at radius 1 is 0.793 bits per heavy atom. The summed E-state index contributed by atoms with van der Waals surface area (Å²) in [6, 6.07) is 30.0. The van der Waals surface area contributed by atoms with Crippen LogP contribution in [0.15, 0.2) is 91.0 Å². The van der Waals surface area contributed by atoms with Crippen molar-refractivity contribution in [3.05, 3.63) is 96.6 Å². The molecule has 5 nitrogen and oxygen atoms in total. The molecule has 0 unspecified atom stereocenters. The Morgan fingerprint density at radius 2 is 1.55 bits per heavy atom. The first-order valence-electron chi connectivity index (χ1n) is 9.43. The molecule has 0 aliphatic carbocycles. The van der Waals surface area contributed by atoms with Gasteiger partial charge in [0.15, 0.2) is 0 Å². The molecule has 3 aromatic carbocycles. The van der Waals surface area contributed by atoms with E-state index in [2.05, 4.69) is 27.8 Å². The molecule has 0 fully saturated rings. The minimum absolute atomic E-state index is 0.523. The first kappa shape index (κ1) is 18.5. The van der Waals surface area contributed by atoms with Gasteiger partial charge in [0.2, 0.25) is 5.95 Å². The van der Waals surface area contributed by atoms with E-state index >= 15 is 0 Å². The Balaban J connectivity index is 1.64. The van der Waals surface area contributed by atoms with Gasteiger partial charge >= 0.3 is 0 Å². The highest BCUT2D eigenvalue weighted by atomic mass is 16.5. The van der Waals surface area contributed by atoms with Gasteiger partial charge in [-0.25, -0.2) is 4.98 Å². The molecular formula is C24H22N4O. The molecule has 0 atom stereocenters. The van der Waals surface area contributed by atoms with Crippen LogP contribution in [0.4, 0.5) is 17.5 Å². The minimum Gasteiger partial charge on any atom is -0.497 e. The maximum atomic E-state index is 5.30. The molecule has 144 valence electrons. The molecule has 0 aliphatic rings. The SMILES string of the molecule is COc1cccc(Nc2nc(NCc3ccccc3)cc(-c3ccccc3)n2)c1. The zero-order valence-electron chi connectivity index (χ0n) is 16.2. The Morgan fingerprint density at radius 3 is 2.31 bits per heavy atom. The average Bonchev–Trinajstić information content (AvgIpc) is 2.79. The van der Waals surface area contributed by atoms with Crippen molar-refractivity contribution in [3.63, 3.8) is 0 Å². The molecule has 0 saturated carbocycles. The summed E-state index contributed by atoms with van der Waals surface area (Å²) < 4.78 is 5.30. The third kappa shape index (κ3) is 4.90. The highest BCUT2D eigenvalue weighted by Gasteiger charge is 2.08. The molecule has 1 aromatic heterocycles. The maximum absolute atomic E-state index is 5.30. The summed E-state index contributed by atoms with van der Waals surface area (Å²) in [4.78, 5) is 9.36. The molecule has 0 spiro atoms. The lowest BCUT2D eigenvalue weighted by Crippen LogP contribution is -2.05. The van der Waals surface area contributed by atoms with E-state index in [0.717, 1.165) is 28.5 Å². The van der Waals surface area contributed by atoms with Crippen LogP contribution in [0.25, 0.3) is 11.3 Å². The van der Waals surface area contributed by atoms with E-state index in [1.807, 2.05) is 78.9 Å². The lowest BCUT2D eigenvalue weighted by Gasteiger charge is -2.12. The van der Waals surface area contributed by atoms with E-state index in [1.165, 1.54) is 5.56 Å². The molecular weight excluding hydrogens is 360 g/mol. The zero-order valence-corrected chi connectivity index (χ0v) is 16.2. The van der Waals surface area contributed by atoms with Crippen molar-refractivity contribution in [1.82, 2.24) is 9.97 Å². The second kappa shape index (κ2) is 8.89. The van der Waals surface area contributed by atoms with E-state index in [4.69, 9.17) is 9.72 Å². The quantitative estimate of drug-likeness (QED) is 0.441. The molecule has 1 heterocycles. The van der Waals surface area contributed by atoms with Crippen LogP contribution in [0.3, 0.4) is 0 Å². The number of benzene rings is 3. The van der Waals surface area contributed by atoms with E-state index in [-0.39, 0.29) is 0 Å². The monoisotopic (exact) mass is 382 g/mol. The van der Waals surface area contributed by atoms with Crippen LogP contribution in [0.5, 0.6) is 5.75 Å². The summed E-state index contributed by atoms with van der Waals surface area (Å²) in [7, 11) is 1.65. The molecule has 4 rings (SSSR count). The maximum Gasteiger partial charge on any atom is 0.229 e. The summed E-state index contributed by atoms with van der Waals surface area (Å²) in [6.07, 6.45) is 0. The predicted molar refractivity (Wildman–Crippen MR) is 118 cm³/mol. The minimum atomic E-state index is 0.523. The van der Waals surface area contributed by atoms with Crippen LogP contribution in [0.1, 0.15) is 5.56 Å². The highest BCUT2D eigenvalue weighted by Crippen LogP contribution is 2.25. The van der Waals surface area contributed by atoms with Gasteiger partial charge in [0.1, 0.15) is 11.6 Å². The van der Waals surface area contributed by atoms with E-state index in [1.54, 1.807) is 7.11 Å². The summed E-state index contributed by atoms with van der Waals surface area (Å²) in [5.74, 6) is 2.06. The van der Waals surface area contributed by atoms with Gasteiger partial charge < -0.3 is 15.4 Å². The van der Waals surface area contributed by atoms with Crippen molar-refractivity contribution < 1.29 is 4.74 Å². The normalized spacial score (nSPS) is 10.4. The van der Waals surface area contributed by atoms with Crippen molar-refractivity contribution in [1.29, 1.82) is 0 Å². The van der Waals surface area contributed by atoms with Gasteiger partial charge in [0.25, 0.3) is 0 Å². The molecule has 5 heteroatoms. The molecule has 0 radical (unpaired) electrons. The zero-order chi connectivity index (χ0) is 19.9. The van der Waals surface area contributed by atoms with Gasteiger partial charge in [-0.05, 0) is 17.7 Å². The van der Waals surface area contributed by atoms with Crippen molar-refractivity contribution in [2.75, 3.05) is 17.7 Å². The van der Waals surface area contributed by atoms with Crippen LogP contribution < -0.4 is 15.4 Å². The molecule has 29 heavy (non-hydrogen) atoms. The summed E-state index contributed by atoms with van der Waals surface area (Å²) in [5.41, 5.74) is 3.94. The van der Waals surface area contributed by atoms with Crippen LogP contribution in [0.2, 0.25) is 0 Å². The van der Waals surface area contributed by atoms with Gasteiger partial charge in [-0.1, -0.05) is 66.7 Å².